The van der Waals surface area contributed by atoms with Crippen LogP contribution in [0.4, 0.5) is 5.13 Å². The maximum Gasteiger partial charge on any atom is 0.180 e. The van der Waals surface area contributed by atoms with Crippen molar-refractivity contribution in [2.45, 2.75) is 6.42 Å². The lowest BCUT2D eigenvalue weighted by Gasteiger charge is -2.02. The molecular formula is C11H12N2OS. The van der Waals surface area contributed by atoms with Crippen LogP contribution in [0.25, 0.3) is 0 Å². The number of nitrogens with zero attached hydrogens (tertiary/aromatic N) is 1. The maximum atomic E-state index is 5.57. The average molecular weight is 220 g/mol. The number of rotatable bonds is 3. The predicted octanol–water partition coefficient (Wildman–Crippen LogP) is 2.32. The lowest BCUT2D eigenvalue weighted by molar-refractivity contribution is 0.414. The van der Waals surface area contributed by atoms with Crippen molar-refractivity contribution in [2.24, 2.45) is 0 Å². The molecule has 0 saturated heterocycles. The molecule has 2 N–H and O–H groups in total. The Morgan fingerprint density at radius 2 is 2.33 bits per heavy atom. The summed E-state index contributed by atoms with van der Waals surface area (Å²) >= 11 is 1.47. The van der Waals surface area contributed by atoms with E-state index in [0.29, 0.717) is 5.13 Å². The van der Waals surface area contributed by atoms with Crippen LogP contribution < -0.4 is 10.5 Å². The van der Waals surface area contributed by atoms with E-state index < -0.39 is 0 Å². The van der Waals surface area contributed by atoms with Crippen LogP contribution in [-0.4, -0.2) is 12.1 Å². The number of methoxy groups -OCH3 is 1. The van der Waals surface area contributed by atoms with Gasteiger partial charge in [0.15, 0.2) is 5.13 Å². The van der Waals surface area contributed by atoms with Crippen LogP contribution in [0.5, 0.6) is 5.75 Å². The molecule has 0 spiro atoms. The molecule has 4 heteroatoms. The molecular weight excluding hydrogens is 208 g/mol. The van der Waals surface area contributed by atoms with E-state index in [1.165, 1.54) is 16.9 Å². The summed E-state index contributed by atoms with van der Waals surface area (Å²) in [6.45, 7) is 0. The minimum atomic E-state index is 0.618. The Bertz CT molecular complexity index is 453. The van der Waals surface area contributed by atoms with Gasteiger partial charge in [0.2, 0.25) is 0 Å². The summed E-state index contributed by atoms with van der Waals surface area (Å²) < 4.78 is 5.16. The monoisotopic (exact) mass is 220 g/mol. The fourth-order valence-corrected chi connectivity index (χ4v) is 1.96. The van der Waals surface area contributed by atoms with Gasteiger partial charge in [-0.3, -0.25) is 0 Å². The zero-order valence-electron chi connectivity index (χ0n) is 8.43. The number of hydrogen-bond acceptors (Lipinski definition) is 4. The lowest BCUT2D eigenvalue weighted by Crippen LogP contribution is -1.91. The highest BCUT2D eigenvalue weighted by molar-refractivity contribution is 7.13. The molecule has 0 saturated carbocycles. The average Bonchev–Trinajstić information content (AvgIpc) is 2.64. The van der Waals surface area contributed by atoms with Crippen molar-refractivity contribution in [1.82, 2.24) is 4.98 Å². The van der Waals surface area contributed by atoms with Gasteiger partial charge in [0.25, 0.3) is 0 Å². The summed E-state index contributed by atoms with van der Waals surface area (Å²) in [7, 11) is 1.67. The third-order valence-corrected chi connectivity index (χ3v) is 2.81. The molecule has 0 amide bonds. The van der Waals surface area contributed by atoms with Crippen LogP contribution in [0.15, 0.2) is 29.6 Å². The largest absolute Gasteiger partial charge is 0.497 e. The van der Waals surface area contributed by atoms with E-state index in [-0.39, 0.29) is 0 Å². The zero-order valence-corrected chi connectivity index (χ0v) is 9.25. The van der Waals surface area contributed by atoms with Crippen LogP contribution in [-0.2, 0) is 6.42 Å². The molecule has 78 valence electrons. The van der Waals surface area contributed by atoms with Crippen molar-refractivity contribution in [3.63, 3.8) is 0 Å². The fraction of sp³-hybridized carbons (Fsp3) is 0.182. The van der Waals surface area contributed by atoms with Crippen LogP contribution >= 0.6 is 11.3 Å². The molecule has 0 radical (unpaired) electrons. The van der Waals surface area contributed by atoms with Crippen molar-refractivity contribution in [1.29, 1.82) is 0 Å². The van der Waals surface area contributed by atoms with E-state index in [4.69, 9.17) is 10.5 Å². The van der Waals surface area contributed by atoms with Gasteiger partial charge in [-0.05, 0) is 17.7 Å². The van der Waals surface area contributed by atoms with Crippen molar-refractivity contribution in [3.05, 3.63) is 40.9 Å². The van der Waals surface area contributed by atoms with Gasteiger partial charge in [-0.1, -0.05) is 12.1 Å². The minimum Gasteiger partial charge on any atom is -0.497 e. The molecule has 0 bridgehead atoms. The quantitative estimate of drug-likeness (QED) is 0.863. The summed E-state index contributed by atoms with van der Waals surface area (Å²) in [5.41, 5.74) is 7.76. The normalized spacial score (nSPS) is 10.2. The Kier molecular flexibility index (Phi) is 2.87. The number of ether oxygens (including phenoxy) is 1. The number of thiazole rings is 1. The molecule has 2 rings (SSSR count). The predicted molar refractivity (Wildman–Crippen MR) is 62.3 cm³/mol. The minimum absolute atomic E-state index is 0.618. The Hall–Kier alpha value is -1.55. The van der Waals surface area contributed by atoms with Crippen LogP contribution in [0.1, 0.15) is 11.3 Å². The number of aromatic nitrogens is 1. The second-order valence-corrected chi connectivity index (χ2v) is 4.10. The van der Waals surface area contributed by atoms with E-state index in [2.05, 4.69) is 11.1 Å². The molecule has 15 heavy (non-hydrogen) atoms. The third-order valence-electron chi connectivity index (χ3n) is 2.09. The van der Waals surface area contributed by atoms with E-state index in [0.717, 1.165) is 17.9 Å². The Labute approximate surface area is 92.5 Å². The summed E-state index contributed by atoms with van der Waals surface area (Å²) in [6, 6.07) is 7.97. The molecule has 2 aromatic rings. The standard InChI is InChI=1S/C11H12N2OS/c1-14-10-4-2-3-8(6-10)5-9-7-15-11(12)13-9/h2-4,6-7H,5H2,1H3,(H2,12,13). The first-order valence-corrected chi connectivity index (χ1v) is 5.48. The fourth-order valence-electron chi connectivity index (χ4n) is 1.40. The van der Waals surface area contributed by atoms with Gasteiger partial charge >= 0.3 is 0 Å². The molecule has 0 aliphatic carbocycles. The molecule has 1 aromatic carbocycles. The Morgan fingerprint density at radius 3 is 3.00 bits per heavy atom. The molecule has 0 atom stereocenters. The lowest BCUT2D eigenvalue weighted by atomic mass is 10.1. The number of nitrogen functional groups attached to an aromatic ring is 1. The number of nitrogens with two attached hydrogens (primary N) is 1. The highest BCUT2D eigenvalue weighted by Gasteiger charge is 2.01. The smallest absolute Gasteiger partial charge is 0.180 e. The Balaban J connectivity index is 2.16. The van der Waals surface area contributed by atoms with Crippen molar-refractivity contribution in [2.75, 3.05) is 12.8 Å². The van der Waals surface area contributed by atoms with Crippen LogP contribution in [0, 0.1) is 0 Å². The van der Waals surface area contributed by atoms with Gasteiger partial charge < -0.3 is 10.5 Å². The molecule has 0 unspecified atom stereocenters. The van der Waals surface area contributed by atoms with E-state index in [1.54, 1.807) is 7.11 Å². The summed E-state index contributed by atoms with van der Waals surface area (Å²) in [5.74, 6) is 0.871. The first kappa shape index (κ1) is 9.98. The van der Waals surface area contributed by atoms with Gasteiger partial charge in [-0.15, -0.1) is 11.3 Å². The van der Waals surface area contributed by atoms with Crippen molar-refractivity contribution in [3.8, 4) is 5.75 Å². The third kappa shape index (κ3) is 2.47. The molecule has 0 aliphatic rings. The van der Waals surface area contributed by atoms with Gasteiger partial charge in [0.1, 0.15) is 5.75 Å². The van der Waals surface area contributed by atoms with Crippen molar-refractivity contribution < 1.29 is 4.74 Å². The van der Waals surface area contributed by atoms with E-state index >= 15 is 0 Å². The highest BCUT2D eigenvalue weighted by atomic mass is 32.1. The first-order chi connectivity index (χ1) is 7.28. The number of anilines is 1. The SMILES string of the molecule is COc1cccc(Cc2csc(N)n2)c1. The summed E-state index contributed by atoms with van der Waals surface area (Å²) in [6.07, 6.45) is 0.797. The molecule has 1 heterocycles. The van der Waals surface area contributed by atoms with Gasteiger partial charge in [0, 0.05) is 11.8 Å². The summed E-state index contributed by atoms with van der Waals surface area (Å²) in [4.78, 5) is 4.22. The van der Waals surface area contributed by atoms with Gasteiger partial charge in [0.05, 0.1) is 12.8 Å². The molecule has 0 aliphatic heterocycles. The van der Waals surface area contributed by atoms with Crippen molar-refractivity contribution >= 4 is 16.5 Å². The van der Waals surface area contributed by atoms with Crippen LogP contribution in [0.3, 0.4) is 0 Å². The van der Waals surface area contributed by atoms with Gasteiger partial charge in [-0.25, -0.2) is 4.98 Å². The number of benzene rings is 1. The number of hydrogen-bond donors (Lipinski definition) is 1. The first-order valence-electron chi connectivity index (χ1n) is 4.61. The molecule has 0 fully saturated rings. The van der Waals surface area contributed by atoms with E-state index in [1.807, 2.05) is 23.6 Å². The summed E-state index contributed by atoms with van der Waals surface area (Å²) in [5, 5.41) is 2.60. The van der Waals surface area contributed by atoms with Crippen LogP contribution in [0.2, 0.25) is 0 Å². The molecule has 1 aromatic heterocycles. The van der Waals surface area contributed by atoms with E-state index in [9.17, 15) is 0 Å². The molecule has 3 nitrogen and oxygen atoms in total. The second-order valence-electron chi connectivity index (χ2n) is 3.21. The second kappa shape index (κ2) is 4.31. The zero-order chi connectivity index (χ0) is 10.7. The van der Waals surface area contributed by atoms with Gasteiger partial charge in [-0.2, -0.15) is 0 Å². The Morgan fingerprint density at radius 1 is 1.47 bits per heavy atom. The topological polar surface area (TPSA) is 48.1 Å². The highest BCUT2D eigenvalue weighted by Crippen LogP contribution is 2.18. The maximum absolute atomic E-state index is 5.57.